The van der Waals surface area contributed by atoms with Crippen molar-refractivity contribution in [3.05, 3.63) is 81.4 Å². The van der Waals surface area contributed by atoms with Crippen molar-refractivity contribution in [2.24, 2.45) is 11.8 Å². The minimum Gasteiger partial charge on any atom is -0.476 e. The smallest absolute Gasteiger partial charge is 0.417 e. The Kier molecular flexibility index (Phi) is 24.1. The Labute approximate surface area is 558 Å². The van der Waals surface area contributed by atoms with Crippen LogP contribution in [-0.2, 0) is 42.7 Å². The van der Waals surface area contributed by atoms with Crippen molar-refractivity contribution in [2.45, 2.75) is 224 Å². The minimum atomic E-state index is -4.95. The number of ether oxygens (including phenoxy) is 2. The Morgan fingerprint density at radius 2 is 0.969 bits per heavy atom. The molecular weight excluding hydrogens is 1300 g/mol. The summed E-state index contributed by atoms with van der Waals surface area (Å²) in [5, 5.41) is 8.12. The number of nitrogens with zero attached hydrogens (tertiary/aromatic N) is 5. The second-order valence-electron chi connectivity index (χ2n) is 27.4. The fourth-order valence-corrected chi connectivity index (χ4v) is 13.6. The number of hydrogen-bond acceptors (Lipinski definition) is 10. The van der Waals surface area contributed by atoms with Crippen LogP contribution in [0.1, 0.15) is 183 Å². The fraction of sp³-hybridized carbons (Fsp3) is 0.632. The first-order chi connectivity index (χ1) is 45.0. The molecule has 3 aromatic rings. The Hall–Kier alpha value is -6.90. The number of anilines is 2. The van der Waals surface area contributed by atoms with Crippen molar-refractivity contribution < 1.29 is 86.9 Å². The van der Waals surface area contributed by atoms with Crippen molar-refractivity contribution in [2.75, 3.05) is 49.1 Å². The van der Waals surface area contributed by atoms with E-state index in [1.54, 1.807) is 39.8 Å². The number of benzene rings is 3. The summed E-state index contributed by atoms with van der Waals surface area (Å²) < 4.78 is 149. The summed E-state index contributed by atoms with van der Waals surface area (Å²) in [5.74, 6) is -5.82. The Bertz CT molecular complexity index is 3290. The van der Waals surface area contributed by atoms with E-state index in [1.165, 1.54) is 50.3 Å². The average Bonchev–Trinajstić information content (AvgIpc) is 0.829. The number of carbonyl (C=O) groups is 7. The van der Waals surface area contributed by atoms with Crippen LogP contribution in [0.15, 0.2) is 48.5 Å². The van der Waals surface area contributed by atoms with Gasteiger partial charge in [-0.15, -0.1) is 0 Å². The van der Waals surface area contributed by atoms with Crippen molar-refractivity contribution in [3.8, 4) is 11.5 Å². The van der Waals surface area contributed by atoms with Gasteiger partial charge in [0.2, 0.25) is 5.91 Å². The molecule has 530 valence electrons. The molecule has 4 fully saturated rings. The highest BCUT2D eigenvalue weighted by atomic mass is 35.5. The predicted molar refractivity (Wildman–Crippen MR) is 339 cm³/mol. The zero-order valence-corrected chi connectivity index (χ0v) is 56.1. The van der Waals surface area contributed by atoms with E-state index in [1.807, 2.05) is 27.7 Å². The molecule has 17 nitrogen and oxygen atoms in total. The highest BCUT2D eigenvalue weighted by Gasteiger charge is 2.48. The van der Waals surface area contributed by atoms with Gasteiger partial charge in [-0.25, -0.2) is 0 Å². The Morgan fingerprint density at radius 1 is 0.573 bits per heavy atom. The number of halogens is 11. The van der Waals surface area contributed by atoms with E-state index in [2.05, 4.69) is 5.32 Å². The second kappa shape index (κ2) is 30.9. The summed E-state index contributed by atoms with van der Waals surface area (Å²) in [6.07, 6.45) is -4.24. The molecular formula is C68H87ClF10N8O9. The summed E-state index contributed by atoms with van der Waals surface area (Å²) in [5.41, 5.74) is -6.21. The van der Waals surface area contributed by atoms with Gasteiger partial charge in [-0.3, -0.25) is 33.6 Å². The molecule has 4 saturated carbocycles. The molecule has 0 bridgehead atoms. The molecule has 28 heteroatoms. The summed E-state index contributed by atoms with van der Waals surface area (Å²) in [6.45, 7) is 12.6. The summed E-state index contributed by atoms with van der Waals surface area (Å²) in [4.78, 5) is 98.0. The zero-order valence-electron chi connectivity index (χ0n) is 55.3. The van der Waals surface area contributed by atoms with Crippen LogP contribution in [0.25, 0.3) is 0 Å². The third-order valence-corrected chi connectivity index (χ3v) is 18.9. The summed E-state index contributed by atoms with van der Waals surface area (Å²) in [7, 11) is 0. The molecule has 4 aliphatic carbocycles. The molecule has 9 rings (SSSR count). The van der Waals surface area contributed by atoms with Gasteiger partial charge in [-0.05, 0) is 206 Å². The van der Waals surface area contributed by atoms with Crippen LogP contribution in [0.5, 0.6) is 11.5 Å². The van der Waals surface area contributed by atoms with Crippen molar-refractivity contribution in [1.29, 1.82) is 0 Å². The lowest BCUT2D eigenvalue weighted by molar-refractivity contribution is -0.139. The Balaban J connectivity index is 0.000000251. The lowest BCUT2D eigenvalue weighted by atomic mass is 9.82. The molecule has 7 amide bonds. The normalized spacial score (nSPS) is 20.8. The number of amides is 7. The standard InChI is InChI=1S/C38H46ClF5N4O5.C30H41F5N4O4/c1-22(2)48(27-11-7-23(8-12-27)15-17-46(26-13-14-26)32(49)19-24-5-9-25(39)10-6-24)35(51)28-20-30-31(21-29(28)38(42,43)44)53-37(3,4)36(52)47(30)18-16-45-34(50)33(40)41;1-17(2)39(20-9-5-18(6-10-20)11-12-36-19-7-8-19)27(41)21-15-23-24(16-22(21)30(33,34)35)43-29(3,4)28(42)38(23)14-13-37-26(40)25(31)32/h5-6,9-10,20-23,26-27,33H,7-8,11-19H2,1-4H3,(H,45,50);15-20,25,36H,5-14H2,1-4H3,(H,37,40). The van der Waals surface area contributed by atoms with Gasteiger partial charge in [0, 0.05) is 74.0 Å². The van der Waals surface area contributed by atoms with Crippen LogP contribution in [0, 0.1) is 11.8 Å². The molecule has 3 N–H and O–H groups in total. The van der Waals surface area contributed by atoms with Crippen LogP contribution < -0.4 is 35.2 Å². The highest BCUT2D eigenvalue weighted by Crippen LogP contribution is 2.47. The van der Waals surface area contributed by atoms with Crippen LogP contribution in [0.4, 0.5) is 55.3 Å². The van der Waals surface area contributed by atoms with E-state index in [9.17, 15) is 77.5 Å². The topological polar surface area (TPSA) is 190 Å². The van der Waals surface area contributed by atoms with Crippen LogP contribution in [-0.4, -0.2) is 156 Å². The second-order valence-corrected chi connectivity index (χ2v) is 27.9. The van der Waals surface area contributed by atoms with Gasteiger partial charge in [0.25, 0.3) is 35.4 Å². The number of nitrogens with one attached hydrogen (secondary N) is 3. The quantitative estimate of drug-likeness (QED) is 0.0728. The van der Waals surface area contributed by atoms with Crippen molar-refractivity contribution >= 4 is 64.3 Å². The first-order valence-corrected chi connectivity index (χ1v) is 33.4. The van der Waals surface area contributed by atoms with E-state index < -0.39 is 107 Å². The highest BCUT2D eigenvalue weighted by molar-refractivity contribution is 6.30. The maximum atomic E-state index is 14.6. The van der Waals surface area contributed by atoms with Gasteiger partial charge in [-0.2, -0.15) is 43.9 Å². The summed E-state index contributed by atoms with van der Waals surface area (Å²) in [6, 6.07) is 10.1. The molecule has 2 aliphatic heterocycles. The molecule has 6 aliphatic rings. The van der Waals surface area contributed by atoms with Gasteiger partial charge in [0.15, 0.2) is 11.2 Å². The number of hydrogen-bond donors (Lipinski definition) is 3. The molecule has 0 radical (unpaired) electrons. The van der Waals surface area contributed by atoms with Gasteiger partial charge in [0.1, 0.15) is 11.5 Å². The van der Waals surface area contributed by atoms with Gasteiger partial charge in [-0.1, -0.05) is 23.7 Å². The van der Waals surface area contributed by atoms with E-state index in [0.717, 1.165) is 91.5 Å². The van der Waals surface area contributed by atoms with E-state index in [0.29, 0.717) is 61.7 Å². The lowest BCUT2D eigenvalue weighted by Gasteiger charge is -2.41. The lowest BCUT2D eigenvalue weighted by Crippen LogP contribution is -2.54. The molecule has 0 spiro atoms. The van der Waals surface area contributed by atoms with Crippen LogP contribution in [0.2, 0.25) is 5.02 Å². The van der Waals surface area contributed by atoms with E-state index in [4.69, 9.17) is 21.1 Å². The minimum absolute atomic E-state index is 0.0674. The monoisotopic (exact) mass is 1380 g/mol. The van der Waals surface area contributed by atoms with Crippen molar-refractivity contribution in [3.63, 3.8) is 0 Å². The molecule has 0 unspecified atom stereocenters. The fourth-order valence-electron chi connectivity index (χ4n) is 13.5. The molecule has 3 aromatic carbocycles. The predicted octanol–water partition coefficient (Wildman–Crippen LogP) is 12.4. The molecule has 0 aromatic heterocycles. The maximum Gasteiger partial charge on any atom is 0.417 e. The van der Waals surface area contributed by atoms with Gasteiger partial charge in [0.05, 0.1) is 40.0 Å². The SMILES string of the molecule is CC(C)N(C(=O)c1cc2c(cc1C(F)(F)F)OC(C)(C)C(=O)N2CCNC(=O)C(F)F)C1CCC(CCN(C(=O)Cc2ccc(Cl)cc2)C2CC2)CC1.CC(C)N(C(=O)c1cc2c(cc1C(F)(F)F)OC(C)(C)C(=O)N2CCNC(=O)C(F)F)C1CCC(CCNC2CC2)CC1. The number of carbonyl (C=O) groups excluding carboxylic acids is 7. The van der Waals surface area contributed by atoms with E-state index >= 15 is 0 Å². The molecule has 0 saturated heterocycles. The first-order valence-electron chi connectivity index (χ1n) is 33.0. The van der Waals surface area contributed by atoms with Crippen molar-refractivity contribution in [1.82, 2.24) is 30.7 Å². The third kappa shape index (κ3) is 18.6. The Morgan fingerprint density at radius 3 is 1.33 bits per heavy atom. The van der Waals surface area contributed by atoms with Crippen LogP contribution in [0.3, 0.4) is 0 Å². The first kappa shape index (κ1) is 74.9. The molecule has 0 atom stereocenters. The van der Waals surface area contributed by atoms with Gasteiger partial charge >= 0.3 is 25.2 Å². The van der Waals surface area contributed by atoms with Gasteiger partial charge < -0.3 is 49.9 Å². The van der Waals surface area contributed by atoms with Crippen LogP contribution >= 0.6 is 11.6 Å². The molecule has 2 heterocycles. The number of rotatable bonds is 24. The zero-order chi connectivity index (χ0) is 70.5. The van der Waals surface area contributed by atoms with E-state index in [-0.39, 0.29) is 78.5 Å². The average molecular weight is 1390 g/mol. The molecule has 96 heavy (non-hydrogen) atoms. The number of fused-ring (bicyclic) bond motifs is 2. The number of alkyl halides is 10. The third-order valence-electron chi connectivity index (χ3n) is 18.7. The largest absolute Gasteiger partial charge is 0.476 e. The summed E-state index contributed by atoms with van der Waals surface area (Å²) >= 11 is 5.99. The maximum absolute atomic E-state index is 14.6.